The molecule has 3 rings (SSSR count). The summed E-state index contributed by atoms with van der Waals surface area (Å²) in [6.07, 6.45) is 2.60. The molecule has 1 N–H and O–H groups in total. The largest absolute Gasteiger partial charge is 0.379 e. The van der Waals surface area contributed by atoms with Crippen LogP contribution in [-0.4, -0.2) is 63.1 Å². The first-order valence-corrected chi connectivity index (χ1v) is 9.42. The van der Waals surface area contributed by atoms with E-state index in [1.807, 2.05) is 0 Å². The Morgan fingerprint density at radius 3 is 2.93 bits per heavy atom. The van der Waals surface area contributed by atoms with Crippen LogP contribution < -0.4 is 5.32 Å². The first-order chi connectivity index (χ1) is 13.1. The molecule has 27 heavy (non-hydrogen) atoms. The van der Waals surface area contributed by atoms with Crippen LogP contribution in [0, 0.1) is 11.6 Å². The highest BCUT2D eigenvalue weighted by Gasteiger charge is 2.26. The molecule has 1 aromatic carbocycles. The molecule has 2 aliphatic rings. The average Bonchev–Trinajstić information content (AvgIpc) is 3.20. The highest BCUT2D eigenvalue weighted by atomic mass is 19.2. The number of amides is 2. The van der Waals surface area contributed by atoms with Crippen molar-refractivity contribution in [1.82, 2.24) is 10.2 Å². The Hall–Kier alpha value is -1.77. The van der Waals surface area contributed by atoms with Crippen molar-refractivity contribution in [2.45, 2.75) is 31.5 Å². The van der Waals surface area contributed by atoms with E-state index in [1.165, 1.54) is 6.07 Å². The van der Waals surface area contributed by atoms with E-state index in [9.17, 15) is 13.6 Å². The Morgan fingerprint density at radius 2 is 2.15 bits per heavy atom. The van der Waals surface area contributed by atoms with Gasteiger partial charge in [-0.2, -0.15) is 0 Å². The zero-order chi connectivity index (χ0) is 19.1. The van der Waals surface area contributed by atoms with E-state index in [4.69, 9.17) is 14.2 Å². The van der Waals surface area contributed by atoms with Crippen LogP contribution in [0.15, 0.2) is 18.2 Å². The number of hydrogen-bond donors (Lipinski definition) is 1. The summed E-state index contributed by atoms with van der Waals surface area (Å²) in [6.45, 7) is 3.61. The number of rotatable bonds is 7. The van der Waals surface area contributed by atoms with Gasteiger partial charge in [-0.3, -0.25) is 0 Å². The molecular formula is C19H26F2N2O4. The predicted molar refractivity (Wildman–Crippen MR) is 94.4 cm³/mol. The molecule has 0 radical (unpaired) electrons. The Bertz CT molecular complexity index is 626. The molecule has 150 valence electrons. The topological polar surface area (TPSA) is 60.0 Å². The number of halogens is 2. The third-order valence-corrected chi connectivity index (χ3v) is 4.74. The van der Waals surface area contributed by atoms with E-state index in [0.29, 0.717) is 45.0 Å². The van der Waals surface area contributed by atoms with Gasteiger partial charge < -0.3 is 24.4 Å². The van der Waals surface area contributed by atoms with E-state index in [1.54, 1.807) is 4.90 Å². The zero-order valence-corrected chi connectivity index (χ0v) is 15.3. The van der Waals surface area contributed by atoms with Crippen molar-refractivity contribution in [2.75, 3.05) is 46.1 Å². The van der Waals surface area contributed by atoms with Crippen LogP contribution in [0.1, 0.15) is 30.9 Å². The van der Waals surface area contributed by atoms with E-state index >= 15 is 0 Å². The van der Waals surface area contributed by atoms with Gasteiger partial charge >= 0.3 is 6.03 Å². The third-order valence-electron chi connectivity index (χ3n) is 4.74. The molecule has 0 unspecified atom stereocenters. The maximum absolute atomic E-state index is 13.4. The number of ether oxygens (including phenoxy) is 3. The van der Waals surface area contributed by atoms with Gasteiger partial charge in [0, 0.05) is 26.3 Å². The summed E-state index contributed by atoms with van der Waals surface area (Å²) in [5, 5.41) is 2.86. The van der Waals surface area contributed by atoms with Gasteiger partial charge in [0.25, 0.3) is 0 Å². The number of carbonyl (C=O) groups excluding carboxylic acids is 1. The van der Waals surface area contributed by atoms with Gasteiger partial charge in [0.05, 0.1) is 25.9 Å². The van der Waals surface area contributed by atoms with E-state index in [2.05, 4.69) is 5.32 Å². The molecule has 8 heteroatoms. The fourth-order valence-electron chi connectivity index (χ4n) is 3.22. The quantitative estimate of drug-likeness (QED) is 0.735. The Labute approximate surface area is 157 Å². The maximum atomic E-state index is 13.4. The van der Waals surface area contributed by atoms with Gasteiger partial charge in [-0.25, -0.2) is 13.6 Å². The lowest BCUT2D eigenvalue weighted by Crippen LogP contribution is -2.47. The highest BCUT2D eigenvalue weighted by molar-refractivity contribution is 5.74. The second-order valence-electron chi connectivity index (χ2n) is 6.77. The smallest absolute Gasteiger partial charge is 0.317 e. The molecule has 0 bridgehead atoms. The van der Waals surface area contributed by atoms with Gasteiger partial charge in [-0.15, -0.1) is 0 Å². The highest BCUT2D eigenvalue weighted by Crippen LogP contribution is 2.23. The molecule has 0 saturated carbocycles. The first kappa shape index (κ1) is 20.0. The standard InChI is InChI=1S/C19H26F2N2O4/c20-16-5-4-14(11-17(16)21)18-12-23(7-10-27-18)19(24)22-6-2-8-25-13-15-3-1-9-26-15/h4-5,11,15,18H,1-3,6-10,12-13H2,(H,22,24)/t15-,18-/m0/s1. The van der Waals surface area contributed by atoms with Crippen LogP contribution in [-0.2, 0) is 14.2 Å². The van der Waals surface area contributed by atoms with Gasteiger partial charge in [0.15, 0.2) is 11.6 Å². The van der Waals surface area contributed by atoms with Gasteiger partial charge in [-0.1, -0.05) is 6.07 Å². The minimum absolute atomic E-state index is 0.190. The summed E-state index contributed by atoms with van der Waals surface area (Å²) >= 11 is 0. The Kier molecular flexibility index (Phi) is 7.37. The van der Waals surface area contributed by atoms with Gasteiger partial charge in [0.1, 0.15) is 6.10 Å². The number of nitrogens with zero attached hydrogens (tertiary/aromatic N) is 1. The van der Waals surface area contributed by atoms with E-state index in [-0.39, 0.29) is 12.1 Å². The van der Waals surface area contributed by atoms with Crippen molar-refractivity contribution >= 4 is 6.03 Å². The summed E-state index contributed by atoms with van der Waals surface area (Å²) < 4.78 is 43.1. The summed E-state index contributed by atoms with van der Waals surface area (Å²) in [6, 6.07) is 3.48. The van der Waals surface area contributed by atoms with E-state index < -0.39 is 17.7 Å². The minimum Gasteiger partial charge on any atom is -0.379 e. The Balaban J connectivity index is 1.35. The van der Waals surface area contributed by atoms with Crippen molar-refractivity contribution < 1.29 is 27.8 Å². The van der Waals surface area contributed by atoms with Gasteiger partial charge in [0.2, 0.25) is 0 Å². The summed E-state index contributed by atoms with van der Waals surface area (Å²) in [7, 11) is 0. The number of morpholine rings is 1. The third kappa shape index (κ3) is 5.85. The second-order valence-corrected chi connectivity index (χ2v) is 6.77. The number of hydrogen-bond acceptors (Lipinski definition) is 4. The number of nitrogens with one attached hydrogen (secondary N) is 1. The molecule has 0 aromatic heterocycles. The number of carbonyl (C=O) groups is 1. The number of urea groups is 1. The van der Waals surface area contributed by atoms with Crippen LogP contribution in [0.3, 0.4) is 0 Å². The SMILES string of the molecule is O=C(NCCCOC[C@@H]1CCCO1)N1CCO[C@H](c2ccc(F)c(F)c2)C1. The molecule has 1 aromatic rings. The van der Waals surface area contributed by atoms with Crippen molar-refractivity contribution in [1.29, 1.82) is 0 Å². The lowest BCUT2D eigenvalue weighted by Gasteiger charge is -2.33. The summed E-state index contributed by atoms with van der Waals surface area (Å²) in [5.41, 5.74) is 0.522. The Morgan fingerprint density at radius 1 is 1.26 bits per heavy atom. The molecule has 2 amide bonds. The monoisotopic (exact) mass is 384 g/mol. The van der Waals surface area contributed by atoms with Crippen molar-refractivity contribution in [3.8, 4) is 0 Å². The maximum Gasteiger partial charge on any atom is 0.317 e. The van der Waals surface area contributed by atoms with Crippen molar-refractivity contribution in [3.63, 3.8) is 0 Å². The molecule has 2 aliphatic heterocycles. The van der Waals surface area contributed by atoms with Crippen LogP contribution in [0.5, 0.6) is 0 Å². The number of benzene rings is 1. The molecule has 2 heterocycles. The summed E-state index contributed by atoms with van der Waals surface area (Å²) in [4.78, 5) is 13.9. The minimum atomic E-state index is -0.916. The predicted octanol–water partition coefficient (Wildman–Crippen LogP) is 2.63. The fraction of sp³-hybridized carbons (Fsp3) is 0.632. The lowest BCUT2D eigenvalue weighted by atomic mass is 10.1. The molecule has 2 saturated heterocycles. The molecule has 2 atom stereocenters. The van der Waals surface area contributed by atoms with Crippen LogP contribution in [0.4, 0.5) is 13.6 Å². The van der Waals surface area contributed by atoms with Crippen LogP contribution >= 0.6 is 0 Å². The zero-order valence-electron chi connectivity index (χ0n) is 15.3. The van der Waals surface area contributed by atoms with Crippen molar-refractivity contribution in [3.05, 3.63) is 35.4 Å². The molecular weight excluding hydrogens is 358 g/mol. The van der Waals surface area contributed by atoms with Crippen LogP contribution in [0.2, 0.25) is 0 Å². The molecule has 0 aliphatic carbocycles. The van der Waals surface area contributed by atoms with Gasteiger partial charge in [-0.05, 0) is 37.0 Å². The molecule has 6 nitrogen and oxygen atoms in total. The van der Waals surface area contributed by atoms with Crippen molar-refractivity contribution in [2.24, 2.45) is 0 Å². The normalized spacial score (nSPS) is 22.8. The second kappa shape index (κ2) is 9.96. The lowest BCUT2D eigenvalue weighted by molar-refractivity contribution is -0.0157. The summed E-state index contributed by atoms with van der Waals surface area (Å²) in [5.74, 6) is -1.81. The first-order valence-electron chi connectivity index (χ1n) is 9.42. The average molecular weight is 384 g/mol. The van der Waals surface area contributed by atoms with E-state index in [0.717, 1.165) is 38.0 Å². The molecule has 2 fully saturated rings. The fourth-order valence-corrected chi connectivity index (χ4v) is 3.22. The molecule has 0 spiro atoms. The van der Waals surface area contributed by atoms with Crippen LogP contribution in [0.25, 0.3) is 0 Å².